The van der Waals surface area contributed by atoms with Gasteiger partial charge in [0.2, 0.25) is 0 Å². The first-order valence-electron chi connectivity index (χ1n) is 9.63. The van der Waals surface area contributed by atoms with Crippen molar-refractivity contribution in [2.75, 3.05) is 13.2 Å². The molecule has 0 bridgehead atoms. The Labute approximate surface area is 155 Å². The molecule has 0 N–H and O–H groups in total. The van der Waals surface area contributed by atoms with Gasteiger partial charge in [0.15, 0.2) is 0 Å². The lowest BCUT2D eigenvalue weighted by atomic mass is 9.89. The van der Waals surface area contributed by atoms with Crippen molar-refractivity contribution in [1.29, 1.82) is 0 Å². The molecule has 2 nitrogen and oxygen atoms in total. The molecule has 0 saturated carbocycles. The Bertz CT molecular complexity index is 991. The molecule has 0 aliphatic carbocycles. The molecule has 0 atom stereocenters. The Kier molecular flexibility index (Phi) is 4.36. The molecule has 0 unspecified atom stereocenters. The second-order valence-electron chi connectivity index (χ2n) is 7.15. The summed E-state index contributed by atoms with van der Waals surface area (Å²) in [7, 11) is 0. The minimum atomic E-state index is 0.743. The van der Waals surface area contributed by atoms with E-state index in [4.69, 9.17) is 9.47 Å². The van der Waals surface area contributed by atoms with Crippen LogP contribution in [0, 0.1) is 13.8 Å². The molecule has 4 aromatic rings. The van der Waals surface area contributed by atoms with Gasteiger partial charge in [-0.2, -0.15) is 0 Å². The Balaban J connectivity index is 2.11. The second kappa shape index (κ2) is 6.68. The zero-order chi connectivity index (χ0) is 18.3. The van der Waals surface area contributed by atoms with Gasteiger partial charge in [0.25, 0.3) is 0 Å². The van der Waals surface area contributed by atoms with Crippen LogP contribution < -0.4 is 9.47 Å². The van der Waals surface area contributed by atoms with Gasteiger partial charge in [-0.25, -0.2) is 0 Å². The summed E-state index contributed by atoms with van der Waals surface area (Å²) in [6, 6.07) is 13.3. The molecule has 0 aromatic heterocycles. The van der Waals surface area contributed by atoms with E-state index >= 15 is 0 Å². The maximum Gasteiger partial charge on any atom is 0.127 e. The molecular formula is C24H26O2. The van der Waals surface area contributed by atoms with Crippen molar-refractivity contribution in [2.24, 2.45) is 0 Å². The summed E-state index contributed by atoms with van der Waals surface area (Å²) in [5.41, 5.74) is 2.52. The third kappa shape index (κ3) is 2.56. The van der Waals surface area contributed by atoms with Crippen LogP contribution in [0.15, 0.2) is 36.4 Å². The van der Waals surface area contributed by atoms with E-state index in [-0.39, 0.29) is 0 Å². The smallest absolute Gasteiger partial charge is 0.127 e. The van der Waals surface area contributed by atoms with Crippen LogP contribution in [-0.4, -0.2) is 13.2 Å². The van der Waals surface area contributed by atoms with Gasteiger partial charge in [-0.1, -0.05) is 26.0 Å². The summed E-state index contributed by atoms with van der Waals surface area (Å²) in [6.45, 7) is 10.1. The molecule has 134 valence electrons. The standard InChI is InChI=1S/C24H26O2/c1-5-11-25-21-13-15(3)17-8-10-20-22(26-12-6-2)14-16(4)18-7-9-19(21)23(17)24(18)20/h7-10,13-14H,5-6,11-12H2,1-4H3. The Hall–Kier alpha value is -2.48. The SMILES string of the molecule is CCCOc1cc(C)c2ccc3c(OCCC)cc(C)c4ccc1c2c43. The number of aryl methyl sites for hydroxylation is 2. The predicted molar refractivity (Wildman–Crippen MR) is 111 cm³/mol. The van der Waals surface area contributed by atoms with E-state index < -0.39 is 0 Å². The molecule has 0 saturated heterocycles. The third-order valence-corrected chi connectivity index (χ3v) is 5.16. The highest BCUT2D eigenvalue weighted by Crippen LogP contribution is 2.44. The second-order valence-corrected chi connectivity index (χ2v) is 7.15. The lowest BCUT2D eigenvalue weighted by Gasteiger charge is -2.19. The number of rotatable bonds is 6. The molecule has 2 heteroatoms. The molecule has 4 rings (SSSR count). The molecule has 0 aliphatic rings. The summed E-state index contributed by atoms with van der Waals surface area (Å²) in [5, 5.41) is 7.60. The first kappa shape index (κ1) is 17.0. The summed E-state index contributed by atoms with van der Waals surface area (Å²) < 4.78 is 12.2. The first-order valence-corrected chi connectivity index (χ1v) is 9.63. The maximum atomic E-state index is 6.09. The van der Waals surface area contributed by atoms with Crippen LogP contribution in [0.2, 0.25) is 0 Å². The average Bonchev–Trinajstić information content (AvgIpc) is 2.65. The quantitative estimate of drug-likeness (QED) is 0.358. The number of ether oxygens (including phenoxy) is 2. The molecule has 4 aromatic carbocycles. The van der Waals surface area contributed by atoms with E-state index in [0.717, 1.165) is 37.6 Å². The van der Waals surface area contributed by atoms with Crippen molar-refractivity contribution < 1.29 is 9.47 Å². The summed E-state index contributed by atoms with van der Waals surface area (Å²) >= 11 is 0. The number of hydrogen-bond donors (Lipinski definition) is 0. The predicted octanol–water partition coefficient (Wildman–Crippen LogP) is 6.78. The van der Waals surface area contributed by atoms with E-state index in [1.807, 2.05) is 0 Å². The van der Waals surface area contributed by atoms with E-state index in [2.05, 4.69) is 64.1 Å². The van der Waals surface area contributed by atoms with Crippen molar-refractivity contribution in [3.63, 3.8) is 0 Å². The molecule has 0 heterocycles. The van der Waals surface area contributed by atoms with E-state index in [1.54, 1.807) is 0 Å². The first-order chi connectivity index (χ1) is 12.7. The number of benzene rings is 4. The van der Waals surface area contributed by atoms with Crippen molar-refractivity contribution in [2.45, 2.75) is 40.5 Å². The number of hydrogen-bond acceptors (Lipinski definition) is 2. The monoisotopic (exact) mass is 346 g/mol. The van der Waals surface area contributed by atoms with Crippen molar-refractivity contribution in [1.82, 2.24) is 0 Å². The molecular weight excluding hydrogens is 320 g/mol. The fourth-order valence-electron chi connectivity index (χ4n) is 3.93. The van der Waals surface area contributed by atoms with Crippen LogP contribution in [0.1, 0.15) is 37.8 Å². The molecule has 0 fully saturated rings. The zero-order valence-electron chi connectivity index (χ0n) is 16.1. The summed E-state index contributed by atoms with van der Waals surface area (Å²) in [6.07, 6.45) is 2.02. The van der Waals surface area contributed by atoms with Crippen LogP contribution in [0.5, 0.6) is 11.5 Å². The fourth-order valence-corrected chi connectivity index (χ4v) is 3.93. The van der Waals surface area contributed by atoms with E-state index in [0.29, 0.717) is 0 Å². The zero-order valence-corrected chi connectivity index (χ0v) is 16.1. The van der Waals surface area contributed by atoms with Crippen LogP contribution in [0.4, 0.5) is 0 Å². The molecule has 26 heavy (non-hydrogen) atoms. The van der Waals surface area contributed by atoms with Gasteiger partial charge in [0, 0.05) is 21.5 Å². The van der Waals surface area contributed by atoms with Gasteiger partial charge in [-0.05, 0) is 72.9 Å². The Morgan fingerprint density at radius 3 is 1.38 bits per heavy atom. The molecule has 0 amide bonds. The lowest BCUT2D eigenvalue weighted by molar-refractivity contribution is 0.321. The Morgan fingerprint density at radius 2 is 1.00 bits per heavy atom. The fraction of sp³-hybridized carbons (Fsp3) is 0.333. The highest BCUT2D eigenvalue weighted by atomic mass is 16.5. The van der Waals surface area contributed by atoms with Crippen LogP contribution in [0.25, 0.3) is 32.3 Å². The largest absolute Gasteiger partial charge is 0.493 e. The van der Waals surface area contributed by atoms with E-state index in [9.17, 15) is 0 Å². The van der Waals surface area contributed by atoms with Crippen LogP contribution >= 0.6 is 0 Å². The molecule has 0 spiro atoms. The van der Waals surface area contributed by atoms with Gasteiger partial charge in [0.05, 0.1) is 13.2 Å². The van der Waals surface area contributed by atoms with Crippen LogP contribution in [0.3, 0.4) is 0 Å². The summed E-state index contributed by atoms with van der Waals surface area (Å²) in [4.78, 5) is 0. The van der Waals surface area contributed by atoms with Crippen molar-refractivity contribution >= 4 is 32.3 Å². The highest BCUT2D eigenvalue weighted by Gasteiger charge is 2.17. The summed E-state index contributed by atoms with van der Waals surface area (Å²) in [5.74, 6) is 1.98. The van der Waals surface area contributed by atoms with Crippen molar-refractivity contribution in [3.8, 4) is 11.5 Å². The Morgan fingerprint density at radius 1 is 0.615 bits per heavy atom. The van der Waals surface area contributed by atoms with Crippen LogP contribution in [-0.2, 0) is 0 Å². The highest BCUT2D eigenvalue weighted by molar-refractivity contribution is 6.26. The normalized spacial score (nSPS) is 11.7. The van der Waals surface area contributed by atoms with Gasteiger partial charge in [0.1, 0.15) is 11.5 Å². The van der Waals surface area contributed by atoms with Gasteiger partial charge in [-0.15, -0.1) is 0 Å². The molecule has 0 radical (unpaired) electrons. The van der Waals surface area contributed by atoms with Crippen molar-refractivity contribution in [3.05, 3.63) is 47.5 Å². The van der Waals surface area contributed by atoms with E-state index in [1.165, 1.54) is 43.4 Å². The van der Waals surface area contributed by atoms with Gasteiger partial charge in [-0.3, -0.25) is 0 Å². The lowest BCUT2D eigenvalue weighted by Crippen LogP contribution is -1.99. The topological polar surface area (TPSA) is 18.5 Å². The minimum Gasteiger partial charge on any atom is -0.493 e. The third-order valence-electron chi connectivity index (χ3n) is 5.16. The molecule has 0 aliphatic heterocycles. The van der Waals surface area contributed by atoms with Gasteiger partial charge < -0.3 is 9.47 Å². The maximum absolute atomic E-state index is 6.09. The minimum absolute atomic E-state index is 0.743. The van der Waals surface area contributed by atoms with Gasteiger partial charge >= 0.3 is 0 Å². The average molecular weight is 346 g/mol.